The third-order valence-electron chi connectivity index (χ3n) is 3.69. The van der Waals surface area contributed by atoms with Gasteiger partial charge >= 0.3 is 0 Å². The van der Waals surface area contributed by atoms with Crippen LogP contribution in [-0.4, -0.2) is 31.5 Å². The first-order chi connectivity index (χ1) is 12.7. The number of nitrogens with one attached hydrogen (secondary N) is 2. The second-order valence-corrected chi connectivity index (χ2v) is 5.63. The average molecular weight is 352 g/mol. The van der Waals surface area contributed by atoms with Gasteiger partial charge in [0.15, 0.2) is 6.61 Å². The van der Waals surface area contributed by atoms with Crippen molar-refractivity contribution in [2.45, 2.75) is 13.3 Å². The Morgan fingerprint density at radius 1 is 0.962 bits per heavy atom. The monoisotopic (exact) mass is 352 g/mol. The van der Waals surface area contributed by atoms with E-state index in [1.807, 2.05) is 61.5 Å². The van der Waals surface area contributed by atoms with Crippen molar-refractivity contribution in [2.24, 2.45) is 0 Å². The van der Waals surface area contributed by atoms with Gasteiger partial charge in [-0.3, -0.25) is 9.59 Å². The standard InChI is InChI=1S/C21H24N2O3/c1-2-18-10-6-7-11-19(18)26-16-21(25)23-15-14-22-20(24)13-12-17-8-4-3-5-9-17/h3-13H,2,14-16H2,1H3,(H,22,24)(H,23,25)/b13-12+. The van der Waals surface area contributed by atoms with E-state index in [1.165, 1.54) is 6.08 Å². The summed E-state index contributed by atoms with van der Waals surface area (Å²) in [6, 6.07) is 17.2. The van der Waals surface area contributed by atoms with E-state index < -0.39 is 0 Å². The fourth-order valence-corrected chi connectivity index (χ4v) is 2.31. The van der Waals surface area contributed by atoms with Gasteiger partial charge in [0, 0.05) is 19.2 Å². The molecule has 0 aliphatic heterocycles. The largest absolute Gasteiger partial charge is 0.483 e. The van der Waals surface area contributed by atoms with E-state index in [2.05, 4.69) is 10.6 Å². The van der Waals surface area contributed by atoms with Crippen molar-refractivity contribution in [1.82, 2.24) is 10.6 Å². The van der Waals surface area contributed by atoms with Gasteiger partial charge in [-0.2, -0.15) is 0 Å². The van der Waals surface area contributed by atoms with E-state index in [0.717, 1.165) is 23.3 Å². The van der Waals surface area contributed by atoms with Gasteiger partial charge in [0.1, 0.15) is 5.75 Å². The molecule has 2 aromatic rings. The number of rotatable bonds is 9. The van der Waals surface area contributed by atoms with Crippen molar-refractivity contribution < 1.29 is 14.3 Å². The topological polar surface area (TPSA) is 67.4 Å². The quantitative estimate of drug-likeness (QED) is 0.538. The van der Waals surface area contributed by atoms with Crippen LogP contribution in [0.3, 0.4) is 0 Å². The zero-order valence-corrected chi connectivity index (χ0v) is 14.9. The molecule has 2 amide bonds. The Hall–Kier alpha value is -3.08. The van der Waals surface area contributed by atoms with Crippen LogP contribution < -0.4 is 15.4 Å². The van der Waals surface area contributed by atoms with Gasteiger partial charge in [-0.1, -0.05) is 55.5 Å². The van der Waals surface area contributed by atoms with Crippen LogP contribution in [0.25, 0.3) is 6.08 Å². The van der Waals surface area contributed by atoms with Gasteiger partial charge < -0.3 is 15.4 Å². The molecule has 0 aliphatic rings. The number of carbonyl (C=O) groups excluding carboxylic acids is 2. The fourth-order valence-electron chi connectivity index (χ4n) is 2.31. The first-order valence-electron chi connectivity index (χ1n) is 8.67. The van der Waals surface area contributed by atoms with Crippen LogP contribution in [0.1, 0.15) is 18.1 Å². The number of hydrogen-bond acceptors (Lipinski definition) is 3. The van der Waals surface area contributed by atoms with Crippen molar-refractivity contribution in [1.29, 1.82) is 0 Å². The zero-order chi connectivity index (χ0) is 18.6. The van der Waals surface area contributed by atoms with Gasteiger partial charge in [-0.25, -0.2) is 0 Å². The molecule has 2 rings (SSSR count). The van der Waals surface area contributed by atoms with Crippen LogP contribution in [-0.2, 0) is 16.0 Å². The molecule has 0 saturated carbocycles. The summed E-state index contributed by atoms with van der Waals surface area (Å²) >= 11 is 0. The minimum absolute atomic E-state index is 0.0428. The lowest BCUT2D eigenvalue weighted by atomic mass is 10.1. The Balaban J connectivity index is 1.62. The molecule has 2 N–H and O–H groups in total. The van der Waals surface area contributed by atoms with Gasteiger partial charge in [-0.05, 0) is 29.7 Å². The predicted octanol–water partition coefficient (Wildman–Crippen LogP) is 2.57. The summed E-state index contributed by atoms with van der Waals surface area (Å²) in [5, 5.41) is 5.44. The first-order valence-corrected chi connectivity index (χ1v) is 8.67. The number of carbonyl (C=O) groups is 2. The molecule has 0 bridgehead atoms. The normalized spacial score (nSPS) is 10.5. The van der Waals surface area contributed by atoms with E-state index >= 15 is 0 Å². The number of aryl methyl sites for hydroxylation is 1. The molecule has 0 aliphatic carbocycles. The summed E-state index contributed by atoms with van der Waals surface area (Å²) in [5.41, 5.74) is 2.03. The fraction of sp³-hybridized carbons (Fsp3) is 0.238. The lowest BCUT2D eigenvalue weighted by molar-refractivity contribution is -0.123. The van der Waals surface area contributed by atoms with E-state index in [0.29, 0.717) is 13.1 Å². The summed E-state index contributed by atoms with van der Waals surface area (Å²) < 4.78 is 5.54. The molecule has 5 heteroatoms. The van der Waals surface area contributed by atoms with Crippen LogP contribution in [0.5, 0.6) is 5.75 Å². The third-order valence-corrected chi connectivity index (χ3v) is 3.69. The molecule has 0 unspecified atom stereocenters. The third kappa shape index (κ3) is 6.81. The molecular weight excluding hydrogens is 328 g/mol. The Morgan fingerprint density at radius 3 is 2.42 bits per heavy atom. The Bertz CT molecular complexity index is 742. The summed E-state index contributed by atoms with van der Waals surface area (Å²) in [5.74, 6) is 0.311. The highest BCUT2D eigenvalue weighted by molar-refractivity contribution is 5.91. The summed E-state index contributed by atoms with van der Waals surface area (Å²) in [6.45, 7) is 2.70. The molecule has 2 aromatic carbocycles. The zero-order valence-electron chi connectivity index (χ0n) is 14.9. The maximum absolute atomic E-state index is 11.8. The maximum Gasteiger partial charge on any atom is 0.258 e. The molecular formula is C21H24N2O3. The molecule has 0 radical (unpaired) electrons. The van der Waals surface area contributed by atoms with Crippen molar-refractivity contribution in [2.75, 3.05) is 19.7 Å². The Kier molecular flexibility index (Phi) is 7.93. The minimum atomic E-state index is -0.218. The van der Waals surface area contributed by atoms with Crippen LogP contribution in [0.15, 0.2) is 60.7 Å². The summed E-state index contributed by atoms with van der Waals surface area (Å²) in [7, 11) is 0. The SMILES string of the molecule is CCc1ccccc1OCC(=O)NCCNC(=O)/C=C/c1ccccc1. The second-order valence-electron chi connectivity index (χ2n) is 5.63. The van der Waals surface area contributed by atoms with E-state index in [1.54, 1.807) is 6.08 Å². The molecule has 5 nitrogen and oxygen atoms in total. The van der Waals surface area contributed by atoms with Gasteiger partial charge in [0.05, 0.1) is 0 Å². The maximum atomic E-state index is 11.8. The van der Waals surface area contributed by atoms with E-state index in [-0.39, 0.29) is 18.4 Å². The average Bonchev–Trinajstić information content (AvgIpc) is 2.69. The molecule has 0 spiro atoms. The highest BCUT2D eigenvalue weighted by atomic mass is 16.5. The van der Waals surface area contributed by atoms with E-state index in [9.17, 15) is 9.59 Å². The molecule has 0 atom stereocenters. The van der Waals surface area contributed by atoms with Crippen molar-refractivity contribution >= 4 is 17.9 Å². The van der Waals surface area contributed by atoms with Gasteiger partial charge in [0.2, 0.25) is 5.91 Å². The van der Waals surface area contributed by atoms with Crippen LogP contribution in [0.2, 0.25) is 0 Å². The van der Waals surface area contributed by atoms with Crippen molar-refractivity contribution in [3.63, 3.8) is 0 Å². The molecule has 26 heavy (non-hydrogen) atoms. The summed E-state index contributed by atoms with van der Waals surface area (Å²) in [6.07, 6.45) is 4.06. The van der Waals surface area contributed by atoms with Crippen LogP contribution in [0, 0.1) is 0 Å². The lowest BCUT2D eigenvalue weighted by Crippen LogP contribution is -2.36. The molecule has 0 aromatic heterocycles. The highest BCUT2D eigenvalue weighted by Gasteiger charge is 2.05. The van der Waals surface area contributed by atoms with E-state index in [4.69, 9.17) is 4.74 Å². The number of para-hydroxylation sites is 1. The smallest absolute Gasteiger partial charge is 0.258 e. The predicted molar refractivity (Wildman–Crippen MR) is 103 cm³/mol. The number of amides is 2. The molecule has 0 heterocycles. The number of ether oxygens (including phenoxy) is 1. The number of benzene rings is 2. The van der Waals surface area contributed by atoms with Crippen molar-refractivity contribution in [3.8, 4) is 5.75 Å². The highest BCUT2D eigenvalue weighted by Crippen LogP contribution is 2.17. The minimum Gasteiger partial charge on any atom is -0.483 e. The van der Waals surface area contributed by atoms with Gasteiger partial charge in [-0.15, -0.1) is 0 Å². The number of hydrogen-bond donors (Lipinski definition) is 2. The summed E-state index contributed by atoms with van der Waals surface area (Å²) in [4.78, 5) is 23.5. The molecule has 0 saturated heterocycles. The van der Waals surface area contributed by atoms with Gasteiger partial charge in [0.25, 0.3) is 5.91 Å². The molecule has 136 valence electrons. The Labute approximate surface area is 154 Å². The molecule has 0 fully saturated rings. The lowest BCUT2D eigenvalue weighted by Gasteiger charge is -2.10. The first kappa shape index (κ1) is 19.2. The second kappa shape index (κ2) is 10.7. The van der Waals surface area contributed by atoms with Crippen LogP contribution in [0.4, 0.5) is 0 Å². The van der Waals surface area contributed by atoms with Crippen molar-refractivity contribution in [3.05, 3.63) is 71.8 Å². The Morgan fingerprint density at radius 2 is 1.65 bits per heavy atom. The van der Waals surface area contributed by atoms with Crippen LogP contribution >= 0.6 is 0 Å².